The van der Waals surface area contributed by atoms with Gasteiger partial charge in [-0.25, -0.2) is 9.78 Å². The molecule has 4 aromatic rings. The average Bonchev–Trinajstić information content (AvgIpc) is 3.55. The average molecular weight is 575 g/mol. The van der Waals surface area contributed by atoms with Crippen LogP contribution in [0.2, 0.25) is 0 Å². The lowest BCUT2D eigenvalue weighted by atomic mass is 10.1. The lowest BCUT2D eigenvalue weighted by Crippen LogP contribution is -2.40. The Labute approximate surface area is 234 Å². The van der Waals surface area contributed by atoms with Gasteiger partial charge in [0.25, 0.3) is 5.56 Å². The van der Waals surface area contributed by atoms with E-state index in [0.29, 0.717) is 30.4 Å². The molecule has 0 bridgehead atoms. The molecule has 0 radical (unpaired) electrons. The summed E-state index contributed by atoms with van der Waals surface area (Å²) in [4.78, 5) is 44.1. The monoisotopic (exact) mass is 574 g/mol. The fourth-order valence-electron chi connectivity index (χ4n) is 4.78. The van der Waals surface area contributed by atoms with E-state index in [1.54, 1.807) is 26.1 Å². The molecule has 0 N–H and O–H groups in total. The van der Waals surface area contributed by atoms with Crippen LogP contribution in [0.4, 0.5) is 13.2 Å². The van der Waals surface area contributed by atoms with E-state index >= 15 is 0 Å². The summed E-state index contributed by atoms with van der Waals surface area (Å²) in [7, 11) is 0. The smallest absolute Gasteiger partial charge is 0.416 e. The van der Waals surface area contributed by atoms with Crippen molar-refractivity contribution in [2.75, 3.05) is 0 Å². The molecule has 0 aliphatic rings. The summed E-state index contributed by atoms with van der Waals surface area (Å²) >= 11 is 0. The van der Waals surface area contributed by atoms with Gasteiger partial charge in [-0.1, -0.05) is 32.9 Å². The highest BCUT2D eigenvalue weighted by Gasteiger charge is 2.31. The van der Waals surface area contributed by atoms with Crippen LogP contribution in [0.15, 0.2) is 46.2 Å². The van der Waals surface area contributed by atoms with Crippen LogP contribution in [0, 0.1) is 0 Å². The molecular formula is C28H33F3N6O4. The SMILES string of the molecule is CCCC(=O)OC(CC)n1c(-c2cnn(Cc3cccc(C(F)(F)F)c3)c2)nc2c1c(=O)n(CCC)c(=O)n2CC. The number of hydrogen-bond acceptors (Lipinski definition) is 6. The van der Waals surface area contributed by atoms with E-state index in [2.05, 4.69) is 10.1 Å². The number of aryl methyl sites for hydroxylation is 1. The lowest BCUT2D eigenvalue weighted by Gasteiger charge is -2.20. The Bertz CT molecular complexity index is 1660. The number of fused-ring (bicyclic) bond motifs is 1. The molecule has 3 aromatic heterocycles. The molecule has 220 valence electrons. The van der Waals surface area contributed by atoms with Crippen molar-refractivity contribution in [3.63, 3.8) is 0 Å². The van der Waals surface area contributed by atoms with Crippen molar-refractivity contribution in [3.05, 3.63) is 68.6 Å². The molecule has 4 rings (SSSR count). The Balaban J connectivity index is 1.90. The highest BCUT2D eigenvalue weighted by atomic mass is 19.4. The van der Waals surface area contributed by atoms with Gasteiger partial charge in [0.05, 0.1) is 23.9 Å². The Kier molecular flexibility index (Phi) is 8.83. The molecule has 0 spiro atoms. The van der Waals surface area contributed by atoms with Gasteiger partial charge in [0, 0.05) is 32.1 Å². The maximum Gasteiger partial charge on any atom is 0.416 e. The minimum Gasteiger partial charge on any atom is -0.441 e. The summed E-state index contributed by atoms with van der Waals surface area (Å²) in [6, 6.07) is 4.97. The first kappa shape index (κ1) is 29.8. The normalized spacial score (nSPS) is 12.7. The summed E-state index contributed by atoms with van der Waals surface area (Å²) in [5, 5.41) is 4.32. The molecular weight excluding hydrogens is 541 g/mol. The van der Waals surface area contributed by atoms with Crippen molar-refractivity contribution in [1.29, 1.82) is 0 Å². The van der Waals surface area contributed by atoms with Crippen molar-refractivity contribution in [1.82, 2.24) is 28.5 Å². The van der Waals surface area contributed by atoms with Gasteiger partial charge < -0.3 is 4.74 Å². The molecule has 10 nitrogen and oxygen atoms in total. The second-order valence-electron chi connectivity index (χ2n) is 9.69. The number of aromatic nitrogens is 6. The number of carbonyl (C=O) groups is 1. The predicted molar refractivity (Wildman–Crippen MR) is 146 cm³/mol. The van der Waals surface area contributed by atoms with E-state index in [4.69, 9.17) is 4.74 Å². The minimum atomic E-state index is -4.47. The number of carbonyl (C=O) groups excluding carboxylic acids is 1. The molecule has 0 aliphatic heterocycles. The maximum atomic E-state index is 13.7. The Hall–Kier alpha value is -4.16. The zero-order valence-electron chi connectivity index (χ0n) is 23.4. The molecule has 0 saturated heterocycles. The van der Waals surface area contributed by atoms with Gasteiger partial charge in [-0.2, -0.15) is 18.3 Å². The van der Waals surface area contributed by atoms with Crippen molar-refractivity contribution in [2.45, 2.75) is 85.4 Å². The van der Waals surface area contributed by atoms with Crippen LogP contribution in [0.25, 0.3) is 22.6 Å². The van der Waals surface area contributed by atoms with Crippen LogP contribution in [0.1, 0.15) is 70.7 Å². The quantitative estimate of drug-likeness (QED) is 0.234. The highest BCUT2D eigenvalue weighted by molar-refractivity contribution is 5.77. The highest BCUT2D eigenvalue weighted by Crippen LogP contribution is 2.31. The number of hydrogen-bond donors (Lipinski definition) is 0. The number of imidazole rings is 1. The number of esters is 1. The molecule has 0 amide bonds. The van der Waals surface area contributed by atoms with E-state index in [1.165, 1.54) is 26.1 Å². The fraction of sp³-hybridized carbons (Fsp3) is 0.464. The third-order valence-corrected chi connectivity index (χ3v) is 6.67. The van der Waals surface area contributed by atoms with Gasteiger partial charge in [-0.15, -0.1) is 0 Å². The molecule has 1 atom stereocenters. The fourth-order valence-corrected chi connectivity index (χ4v) is 4.78. The molecule has 13 heteroatoms. The topological polar surface area (TPSA) is 106 Å². The first-order valence-corrected chi connectivity index (χ1v) is 13.7. The molecule has 3 heterocycles. The van der Waals surface area contributed by atoms with Gasteiger partial charge in [-0.05, 0) is 37.5 Å². The van der Waals surface area contributed by atoms with Crippen molar-refractivity contribution in [2.24, 2.45) is 0 Å². The first-order chi connectivity index (χ1) is 19.5. The summed E-state index contributed by atoms with van der Waals surface area (Å²) < 4.78 is 50.9. The molecule has 1 aromatic carbocycles. The van der Waals surface area contributed by atoms with E-state index in [1.807, 2.05) is 13.8 Å². The number of benzene rings is 1. The van der Waals surface area contributed by atoms with Gasteiger partial charge in [0.1, 0.15) is 5.82 Å². The van der Waals surface area contributed by atoms with Crippen molar-refractivity contribution >= 4 is 17.1 Å². The summed E-state index contributed by atoms with van der Waals surface area (Å²) in [6.07, 6.45) is -0.670. The zero-order chi connectivity index (χ0) is 29.9. The largest absolute Gasteiger partial charge is 0.441 e. The molecule has 0 aliphatic carbocycles. The zero-order valence-corrected chi connectivity index (χ0v) is 23.4. The Morgan fingerprint density at radius 2 is 1.83 bits per heavy atom. The molecule has 0 saturated carbocycles. The van der Waals surface area contributed by atoms with Crippen LogP contribution in [0.5, 0.6) is 0 Å². The second-order valence-corrected chi connectivity index (χ2v) is 9.69. The molecule has 0 fully saturated rings. The molecule has 41 heavy (non-hydrogen) atoms. The van der Waals surface area contributed by atoms with E-state index < -0.39 is 35.2 Å². The van der Waals surface area contributed by atoms with Crippen LogP contribution in [-0.4, -0.2) is 34.4 Å². The third kappa shape index (κ3) is 5.98. The van der Waals surface area contributed by atoms with E-state index in [9.17, 15) is 27.6 Å². The number of halogens is 3. The third-order valence-electron chi connectivity index (χ3n) is 6.67. The van der Waals surface area contributed by atoms with Gasteiger partial charge in [0.2, 0.25) is 0 Å². The number of nitrogens with zero attached hydrogens (tertiary/aromatic N) is 6. The van der Waals surface area contributed by atoms with Crippen LogP contribution in [-0.2, 0) is 35.3 Å². The van der Waals surface area contributed by atoms with Gasteiger partial charge in [-0.3, -0.25) is 28.0 Å². The second kappa shape index (κ2) is 12.1. The Morgan fingerprint density at radius 1 is 1.07 bits per heavy atom. The predicted octanol–water partition coefficient (Wildman–Crippen LogP) is 4.97. The Morgan fingerprint density at radius 3 is 2.46 bits per heavy atom. The first-order valence-electron chi connectivity index (χ1n) is 13.7. The van der Waals surface area contributed by atoms with Crippen LogP contribution in [0.3, 0.4) is 0 Å². The lowest BCUT2D eigenvalue weighted by molar-refractivity contribution is -0.153. The van der Waals surface area contributed by atoms with E-state index in [0.717, 1.165) is 16.7 Å². The van der Waals surface area contributed by atoms with Gasteiger partial charge >= 0.3 is 17.8 Å². The summed E-state index contributed by atoms with van der Waals surface area (Å²) in [5.41, 5.74) is -0.683. The molecule has 1 unspecified atom stereocenters. The van der Waals surface area contributed by atoms with Crippen molar-refractivity contribution < 1.29 is 22.7 Å². The maximum absolute atomic E-state index is 13.7. The minimum absolute atomic E-state index is 0.0514. The van der Waals surface area contributed by atoms with E-state index in [-0.39, 0.29) is 43.0 Å². The number of ether oxygens (including phenoxy) is 1. The standard InChI is InChI=1S/C28H33F3N6O4/c1-5-10-22(38)41-21(7-3)37-23-25(35(8-4)27(40)36(13-6-2)26(23)39)33-24(37)19-15-32-34(17-19)16-18-11-9-12-20(14-18)28(29,30)31/h9,11-12,14-15,17,21H,5-8,10,13,16H2,1-4H3. The van der Waals surface area contributed by atoms with Gasteiger partial charge in [0.15, 0.2) is 17.4 Å². The van der Waals surface area contributed by atoms with Crippen LogP contribution >= 0.6 is 0 Å². The number of alkyl halides is 3. The summed E-state index contributed by atoms with van der Waals surface area (Å²) in [5.74, 6) is -0.190. The van der Waals surface area contributed by atoms with Crippen molar-refractivity contribution in [3.8, 4) is 11.4 Å². The number of rotatable bonds is 11. The summed E-state index contributed by atoms with van der Waals surface area (Å²) in [6.45, 7) is 7.78. The van der Waals surface area contributed by atoms with Crippen LogP contribution < -0.4 is 11.2 Å².